The Morgan fingerprint density at radius 1 is 1.17 bits per heavy atom. The van der Waals surface area contributed by atoms with E-state index in [0.29, 0.717) is 5.92 Å². The van der Waals surface area contributed by atoms with Crippen LogP contribution in [-0.4, -0.2) is 31.1 Å². The van der Waals surface area contributed by atoms with Crippen molar-refractivity contribution in [3.63, 3.8) is 0 Å². The highest BCUT2D eigenvalue weighted by atomic mass is 15.1. The number of unbranched alkanes of at least 4 members (excludes halogenated alkanes) is 1. The molecule has 0 saturated heterocycles. The molecular formula is C27H48N2. The zero-order valence-electron chi connectivity index (χ0n) is 20.0. The summed E-state index contributed by atoms with van der Waals surface area (Å²) in [5.74, 6) is 3.07. The van der Waals surface area contributed by atoms with E-state index < -0.39 is 0 Å². The van der Waals surface area contributed by atoms with Crippen molar-refractivity contribution in [3.05, 3.63) is 48.1 Å². The minimum Gasteiger partial charge on any atom is -0.330 e. The van der Waals surface area contributed by atoms with Crippen molar-refractivity contribution in [1.29, 1.82) is 0 Å². The predicted molar refractivity (Wildman–Crippen MR) is 131 cm³/mol. The van der Waals surface area contributed by atoms with Crippen LogP contribution in [-0.2, 0) is 0 Å². The molecule has 4 atom stereocenters. The highest BCUT2D eigenvalue weighted by Crippen LogP contribution is 2.42. The van der Waals surface area contributed by atoms with Gasteiger partial charge in [0.2, 0.25) is 0 Å². The molecule has 4 unspecified atom stereocenters. The molecule has 0 amide bonds. The second kappa shape index (κ2) is 14.8. The Morgan fingerprint density at radius 2 is 1.93 bits per heavy atom. The molecule has 166 valence electrons. The molecule has 0 aliphatic heterocycles. The first-order valence-electron chi connectivity index (χ1n) is 12.0. The number of nitrogens with zero attached hydrogens (tertiary/aromatic N) is 1. The minimum atomic E-state index is 0.697. The molecule has 0 radical (unpaired) electrons. The number of rotatable bonds is 13. The van der Waals surface area contributed by atoms with Gasteiger partial charge in [0.1, 0.15) is 0 Å². The number of hydrogen-bond acceptors (Lipinski definition) is 2. The van der Waals surface area contributed by atoms with Crippen molar-refractivity contribution in [1.82, 2.24) is 4.90 Å². The van der Waals surface area contributed by atoms with Crippen LogP contribution >= 0.6 is 0 Å². The Labute approximate surface area is 182 Å². The Hall–Kier alpha value is -1.12. The first kappa shape index (κ1) is 25.9. The van der Waals surface area contributed by atoms with Gasteiger partial charge in [0.25, 0.3) is 0 Å². The summed E-state index contributed by atoms with van der Waals surface area (Å²) in [4.78, 5) is 2.57. The Bertz CT molecular complexity index is 543. The van der Waals surface area contributed by atoms with Crippen LogP contribution < -0.4 is 5.73 Å². The molecule has 29 heavy (non-hydrogen) atoms. The lowest BCUT2D eigenvalue weighted by Gasteiger charge is -2.39. The smallest absolute Gasteiger partial charge is 0.0233 e. The van der Waals surface area contributed by atoms with Gasteiger partial charge in [-0.1, -0.05) is 63.3 Å². The van der Waals surface area contributed by atoms with E-state index in [-0.39, 0.29) is 0 Å². The lowest BCUT2D eigenvalue weighted by molar-refractivity contribution is 0.153. The van der Waals surface area contributed by atoms with Crippen LogP contribution in [0.2, 0.25) is 0 Å². The molecule has 0 aromatic rings. The average Bonchev–Trinajstić information content (AvgIpc) is 2.67. The van der Waals surface area contributed by atoms with Crippen LogP contribution in [0.25, 0.3) is 0 Å². The van der Waals surface area contributed by atoms with Gasteiger partial charge in [0.15, 0.2) is 0 Å². The summed E-state index contributed by atoms with van der Waals surface area (Å²) in [6.45, 7) is 19.8. The van der Waals surface area contributed by atoms with Crippen LogP contribution in [0.4, 0.5) is 0 Å². The molecule has 1 rings (SSSR count). The van der Waals surface area contributed by atoms with Gasteiger partial charge in [-0.3, -0.25) is 4.90 Å². The van der Waals surface area contributed by atoms with Crippen molar-refractivity contribution < 1.29 is 0 Å². The molecule has 1 fully saturated rings. The van der Waals surface area contributed by atoms with E-state index in [4.69, 9.17) is 5.73 Å². The molecule has 1 aliphatic carbocycles. The summed E-state index contributed by atoms with van der Waals surface area (Å²) in [5, 5.41) is 0. The van der Waals surface area contributed by atoms with Gasteiger partial charge in [-0.05, 0) is 101 Å². The largest absolute Gasteiger partial charge is 0.330 e. The van der Waals surface area contributed by atoms with E-state index >= 15 is 0 Å². The normalized spacial score (nSPS) is 26.1. The molecule has 0 bridgehead atoms. The first-order chi connectivity index (χ1) is 13.9. The summed E-state index contributed by atoms with van der Waals surface area (Å²) in [5.41, 5.74) is 8.44. The minimum absolute atomic E-state index is 0.697. The van der Waals surface area contributed by atoms with Gasteiger partial charge < -0.3 is 5.73 Å². The SMILES string of the molecule is C=C(C)C1CC(C/C=C/C=C(\C=C/C)CN(CCC)CCCCN)CC(C)C1C. The zero-order chi connectivity index (χ0) is 21.6. The third kappa shape index (κ3) is 9.96. The second-order valence-corrected chi connectivity index (χ2v) is 9.30. The lowest BCUT2D eigenvalue weighted by atomic mass is 9.66. The Kier molecular flexibility index (Phi) is 13.2. The summed E-state index contributed by atoms with van der Waals surface area (Å²) < 4.78 is 0. The van der Waals surface area contributed by atoms with E-state index in [2.05, 4.69) is 76.5 Å². The molecule has 1 aliphatic rings. The average molecular weight is 401 g/mol. The second-order valence-electron chi connectivity index (χ2n) is 9.30. The highest BCUT2D eigenvalue weighted by Gasteiger charge is 2.32. The van der Waals surface area contributed by atoms with E-state index in [1.54, 1.807) is 0 Å². The van der Waals surface area contributed by atoms with Gasteiger partial charge in [0, 0.05) is 6.54 Å². The zero-order valence-corrected chi connectivity index (χ0v) is 20.0. The Morgan fingerprint density at radius 3 is 2.55 bits per heavy atom. The van der Waals surface area contributed by atoms with Crippen molar-refractivity contribution >= 4 is 0 Å². The van der Waals surface area contributed by atoms with Crippen LogP contribution in [0.1, 0.15) is 73.1 Å². The quantitative estimate of drug-likeness (QED) is 0.210. The monoisotopic (exact) mass is 400 g/mol. The maximum absolute atomic E-state index is 5.67. The third-order valence-electron chi connectivity index (χ3n) is 6.63. The van der Waals surface area contributed by atoms with Crippen LogP contribution in [0, 0.1) is 23.7 Å². The maximum Gasteiger partial charge on any atom is 0.0233 e. The van der Waals surface area contributed by atoms with Crippen molar-refractivity contribution in [2.75, 3.05) is 26.2 Å². The fraction of sp³-hybridized carbons (Fsp3) is 0.704. The topological polar surface area (TPSA) is 29.3 Å². The molecule has 0 aromatic carbocycles. The van der Waals surface area contributed by atoms with Gasteiger partial charge >= 0.3 is 0 Å². The molecule has 0 aromatic heterocycles. The van der Waals surface area contributed by atoms with Gasteiger partial charge in [-0.25, -0.2) is 0 Å². The number of allylic oxidation sites excluding steroid dienone is 5. The van der Waals surface area contributed by atoms with Crippen molar-refractivity contribution in [2.45, 2.75) is 73.1 Å². The Balaban J connectivity index is 2.65. The van der Waals surface area contributed by atoms with Gasteiger partial charge in [-0.2, -0.15) is 0 Å². The summed E-state index contributed by atoms with van der Waals surface area (Å²) in [6, 6.07) is 0. The van der Waals surface area contributed by atoms with Crippen LogP contribution in [0.3, 0.4) is 0 Å². The molecule has 2 N–H and O–H groups in total. The van der Waals surface area contributed by atoms with Crippen molar-refractivity contribution in [2.24, 2.45) is 29.4 Å². The van der Waals surface area contributed by atoms with E-state index in [0.717, 1.165) is 50.4 Å². The number of nitrogens with two attached hydrogens (primary N) is 1. The number of hydrogen-bond donors (Lipinski definition) is 1. The molecule has 0 heterocycles. The molecular weight excluding hydrogens is 352 g/mol. The van der Waals surface area contributed by atoms with Gasteiger partial charge in [0.05, 0.1) is 0 Å². The van der Waals surface area contributed by atoms with Crippen LogP contribution in [0.15, 0.2) is 48.1 Å². The lowest BCUT2D eigenvalue weighted by Crippen LogP contribution is -2.29. The molecule has 0 spiro atoms. The van der Waals surface area contributed by atoms with E-state index in [1.807, 2.05) is 0 Å². The first-order valence-corrected chi connectivity index (χ1v) is 12.0. The fourth-order valence-corrected chi connectivity index (χ4v) is 4.81. The third-order valence-corrected chi connectivity index (χ3v) is 6.63. The fourth-order valence-electron chi connectivity index (χ4n) is 4.81. The van der Waals surface area contributed by atoms with Gasteiger partial charge in [-0.15, -0.1) is 0 Å². The molecule has 1 saturated carbocycles. The van der Waals surface area contributed by atoms with Crippen molar-refractivity contribution in [3.8, 4) is 0 Å². The maximum atomic E-state index is 5.67. The summed E-state index contributed by atoms with van der Waals surface area (Å²) in [6.07, 6.45) is 18.8. The highest BCUT2D eigenvalue weighted by molar-refractivity contribution is 5.25. The molecule has 2 nitrogen and oxygen atoms in total. The van der Waals surface area contributed by atoms with E-state index in [1.165, 1.54) is 43.3 Å². The van der Waals surface area contributed by atoms with Crippen LogP contribution in [0.5, 0.6) is 0 Å². The summed E-state index contributed by atoms with van der Waals surface area (Å²) in [7, 11) is 0. The summed E-state index contributed by atoms with van der Waals surface area (Å²) >= 11 is 0. The predicted octanol–water partition coefficient (Wildman–Crippen LogP) is 6.76. The standard InChI is InChI=1S/C27H48N2/c1-7-13-25(21-29(17-8-2)18-12-11-16-28)14-9-10-15-26-19-23(5)24(6)27(20-26)22(3)4/h7,9-10,13-14,23-24,26-27H,3,8,11-12,15-21,28H2,1-2,4-6H3/b10-9+,13-7-,25-14+. The van der Waals surface area contributed by atoms with E-state index in [9.17, 15) is 0 Å². The molecule has 2 heteroatoms.